The third kappa shape index (κ3) is 4.38. The molecule has 0 N–H and O–H groups in total. The predicted octanol–water partition coefficient (Wildman–Crippen LogP) is 3.69. The van der Waals surface area contributed by atoms with Gasteiger partial charge in [-0.1, -0.05) is 29.8 Å². The molecule has 1 aromatic heterocycles. The molecule has 0 spiro atoms. The molecule has 1 aliphatic heterocycles. The van der Waals surface area contributed by atoms with Crippen LogP contribution in [-0.2, 0) is 20.9 Å². The number of carbonyl (C=O) groups excluding carboxylic acids is 4. The average molecular weight is 467 g/mol. The second kappa shape index (κ2) is 9.30. The number of amides is 3. The van der Waals surface area contributed by atoms with Crippen LogP contribution in [0.2, 0.25) is 5.02 Å². The Labute approximate surface area is 194 Å². The lowest BCUT2D eigenvalue weighted by molar-refractivity contribution is -0.122. The number of furan rings is 1. The fraction of sp³-hybridized carbons (Fsp3) is 0.167. The third-order valence-electron chi connectivity index (χ3n) is 5.34. The highest BCUT2D eigenvalue weighted by molar-refractivity contribution is 6.31. The molecule has 1 saturated heterocycles. The van der Waals surface area contributed by atoms with Gasteiger partial charge in [-0.15, -0.1) is 0 Å². The van der Waals surface area contributed by atoms with Crippen LogP contribution in [0.4, 0.5) is 5.69 Å². The fourth-order valence-corrected chi connectivity index (χ4v) is 3.87. The normalized spacial score (nSPS) is 15.6. The lowest BCUT2D eigenvalue weighted by atomic mass is 10.1. The number of hydrogen-bond acceptors (Lipinski definition) is 6. The zero-order chi connectivity index (χ0) is 23.5. The molecule has 1 atom stereocenters. The van der Waals surface area contributed by atoms with Gasteiger partial charge in [0.05, 0.1) is 31.0 Å². The van der Waals surface area contributed by atoms with Crippen LogP contribution in [0, 0.1) is 0 Å². The number of hydrogen-bond donors (Lipinski definition) is 0. The smallest absolute Gasteiger partial charge is 0.337 e. The molecule has 0 bridgehead atoms. The Kier molecular flexibility index (Phi) is 6.28. The van der Waals surface area contributed by atoms with Crippen molar-refractivity contribution in [1.82, 2.24) is 4.90 Å². The summed E-state index contributed by atoms with van der Waals surface area (Å²) >= 11 is 6.29. The highest BCUT2D eigenvalue weighted by Gasteiger charge is 2.45. The van der Waals surface area contributed by atoms with Crippen molar-refractivity contribution >= 4 is 41.0 Å². The Bertz CT molecular complexity index is 1210. The molecule has 4 rings (SSSR count). The van der Waals surface area contributed by atoms with E-state index in [0.717, 1.165) is 4.90 Å². The summed E-state index contributed by atoms with van der Waals surface area (Å²) in [6.07, 6.45) is 1.16. The van der Waals surface area contributed by atoms with E-state index in [9.17, 15) is 19.2 Å². The predicted molar refractivity (Wildman–Crippen MR) is 119 cm³/mol. The second-order valence-corrected chi connectivity index (χ2v) is 7.73. The van der Waals surface area contributed by atoms with Crippen LogP contribution < -0.4 is 4.90 Å². The summed E-state index contributed by atoms with van der Waals surface area (Å²) in [5, 5.41) is 0.432. The lowest BCUT2D eigenvalue weighted by Crippen LogP contribution is -2.45. The molecular weight excluding hydrogens is 448 g/mol. The number of anilines is 1. The molecule has 168 valence electrons. The molecule has 1 unspecified atom stereocenters. The Morgan fingerprint density at radius 3 is 2.45 bits per heavy atom. The van der Waals surface area contributed by atoms with Crippen molar-refractivity contribution in [3.05, 3.63) is 88.8 Å². The van der Waals surface area contributed by atoms with E-state index in [1.54, 1.807) is 30.3 Å². The van der Waals surface area contributed by atoms with Gasteiger partial charge in [-0.3, -0.25) is 14.4 Å². The zero-order valence-electron chi connectivity index (χ0n) is 17.6. The lowest BCUT2D eigenvalue weighted by Gasteiger charge is -2.27. The van der Waals surface area contributed by atoms with E-state index in [1.807, 2.05) is 0 Å². The van der Waals surface area contributed by atoms with Crippen molar-refractivity contribution in [3.8, 4) is 0 Å². The highest BCUT2D eigenvalue weighted by Crippen LogP contribution is 2.29. The maximum atomic E-state index is 13.3. The van der Waals surface area contributed by atoms with Gasteiger partial charge in [0.2, 0.25) is 5.91 Å². The summed E-state index contributed by atoms with van der Waals surface area (Å²) in [4.78, 5) is 53.4. The molecular formula is C24H19ClN2O6. The maximum Gasteiger partial charge on any atom is 0.337 e. The third-order valence-corrected chi connectivity index (χ3v) is 5.71. The van der Waals surface area contributed by atoms with Crippen LogP contribution in [0.15, 0.2) is 71.3 Å². The molecule has 3 aromatic rings. The minimum atomic E-state index is -1.05. The van der Waals surface area contributed by atoms with Gasteiger partial charge in [-0.2, -0.15) is 0 Å². The second-order valence-electron chi connectivity index (χ2n) is 7.33. The standard InChI is InChI=1S/C24H19ClN2O6/c1-32-24(31)15-8-10-17(11-9-15)27-21(28)13-19(22(27)29)26(23(30)20-7-4-12-33-20)14-16-5-2-3-6-18(16)25/h2-12,19H,13-14H2,1H3. The summed E-state index contributed by atoms with van der Waals surface area (Å²) in [7, 11) is 1.26. The van der Waals surface area contributed by atoms with Crippen LogP contribution in [0.5, 0.6) is 0 Å². The first kappa shape index (κ1) is 22.3. The number of methoxy groups -OCH3 is 1. The monoisotopic (exact) mass is 466 g/mol. The first-order valence-corrected chi connectivity index (χ1v) is 10.4. The van der Waals surface area contributed by atoms with E-state index in [-0.39, 0.29) is 24.3 Å². The van der Waals surface area contributed by atoms with Crippen molar-refractivity contribution in [3.63, 3.8) is 0 Å². The SMILES string of the molecule is COC(=O)c1ccc(N2C(=O)CC(N(Cc3ccccc3Cl)C(=O)c3ccco3)C2=O)cc1. The van der Waals surface area contributed by atoms with Crippen molar-refractivity contribution in [2.45, 2.75) is 19.0 Å². The number of halogens is 1. The topological polar surface area (TPSA) is 97.1 Å². The van der Waals surface area contributed by atoms with Gasteiger partial charge in [-0.05, 0) is 48.0 Å². The summed E-state index contributed by atoms with van der Waals surface area (Å²) in [6, 6.07) is 14.9. The largest absolute Gasteiger partial charge is 0.465 e. The van der Waals surface area contributed by atoms with E-state index in [0.29, 0.717) is 16.3 Å². The average Bonchev–Trinajstić information content (AvgIpc) is 3.46. The number of nitrogens with zero attached hydrogens (tertiary/aromatic N) is 2. The van der Waals surface area contributed by atoms with Crippen LogP contribution in [-0.4, -0.2) is 41.7 Å². The van der Waals surface area contributed by atoms with Crippen molar-refractivity contribution < 1.29 is 28.3 Å². The number of ether oxygens (including phenoxy) is 1. The highest BCUT2D eigenvalue weighted by atomic mass is 35.5. The van der Waals surface area contributed by atoms with Crippen molar-refractivity contribution in [1.29, 1.82) is 0 Å². The van der Waals surface area contributed by atoms with Gasteiger partial charge in [-0.25, -0.2) is 9.69 Å². The first-order valence-electron chi connectivity index (χ1n) is 10.0. The minimum absolute atomic E-state index is 0.0119. The van der Waals surface area contributed by atoms with E-state index in [1.165, 1.54) is 48.6 Å². The Morgan fingerprint density at radius 1 is 1.09 bits per heavy atom. The van der Waals surface area contributed by atoms with E-state index in [2.05, 4.69) is 4.74 Å². The number of rotatable bonds is 6. The Morgan fingerprint density at radius 2 is 1.82 bits per heavy atom. The number of carbonyl (C=O) groups is 4. The summed E-state index contributed by atoms with van der Waals surface area (Å²) < 4.78 is 9.92. The quantitative estimate of drug-likeness (QED) is 0.406. The summed E-state index contributed by atoms with van der Waals surface area (Å²) in [6.45, 7) is 0.0119. The number of benzene rings is 2. The fourth-order valence-electron chi connectivity index (χ4n) is 3.67. The van der Waals surface area contributed by atoms with Gasteiger partial charge < -0.3 is 14.1 Å². The van der Waals surface area contributed by atoms with Gasteiger partial charge in [0, 0.05) is 11.6 Å². The Hall–Kier alpha value is -3.91. The van der Waals surface area contributed by atoms with Crippen molar-refractivity contribution in [2.75, 3.05) is 12.0 Å². The maximum absolute atomic E-state index is 13.3. The van der Waals surface area contributed by atoms with Gasteiger partial charge in [0.1, 0.15) is 6.04 Å². The Balaban J connectivity index is 1.65. The van der Waals surface area contributed by atoms with Gasteiger partial charge in [0.15, 0.2) is 5.76 Å². The number of esters is 1. The zero-order valence-corrected chi connectivity index (χ0v) is 18.3. The van der Waals surface area contributed by atoms with Crippen LogP contribution in [0.25, 0.3) is 0 Å². The molecule has 0 saturated carbocycles. The van der Waals surface area contributed by atoms with E-state index in [4.69, 9.17) is 16.0 Å². The molecule has 8 nitrogen and oxygen atoms in total. The molecule has 0 radical (unpaired) electrons. The molecule has 3 amide bonds. The molecule has 33 heavy (non-hydrogen) atoms. The summed E-state index contributed by atoms with van der Waals surface area (Å²) in [5.41, 5.74) is 1.20. The van der Waals surface area contributed by atoms with Crippen LogP contribution in [0.1, 0.15) is 32.9 Å². The molecule has 2 heterocycles. The van der Waals surface area contributed by atoms with Crippen LogP contribution >= 0.6 is 11.6 Å². The first-order chi connectivity index (χ1) is 15.9. The molecule has 2 aromatic carbocycles. The van der Waals surface area contributed by atoms with E-state index < -0.39 is 29.7 Å². The van der Waals surface area contributed by atoms with Gasteiger partial charge >= 0.3 is 5.97 Å². The summed E-state index contributed by atoms with van der Waals surface area (Å²) in [5.74, 6) is -2.05. The molecule has 1 aliphatic rings. The molecule has 9 heteroatoms. The van der Waals surface area contributed by atoms with Crippen molar-refractivity contribution in [2.24, 2.45) is 0 Å². The number of imide groups is 1. The van der Waals surface area contributed by atoms with Gasteiger partial charge in [0.25, 0.3) is 11.8 Å². The van der Waals surface area contributed by atoms with Crippen LogP contribution in [0.3, 0.4) is 0 Å². The van der Waals surface area contributed by atoms with E-state index >= 15 is 0 Å². The molecule has 0 aliphatic carbocycles. The minimum Gasteiger partial charge on any atom is -0.465 e. The molecule has 1 fully saturated rings.